The topological polar surface area (TPSA) is 71.5 Å². The van der Waals surface area contributed by atoms with Gasteiger partial charge in [0, 0.05) is 31.1 Å². The molecule has 0 aromatic rings. The second kappa shape index (κ2) is 13.9. The van der Waals surface area contributed by atoms with Crippen LogP contribution in [0.15, 0.2) is 0 Å². The third kappa shape index (κ3) is 8.58. The van der Waals surface area contributed by atoms with Crippen LogP contribution in [0, 0.1) is 11.8 Å². The van der Waals surface area contributed by atoms with E-state index in [0.717, 1.165) is 25.7 Å². The summed E-state index contributed by atoms with van der Waals surface area (Å²) < 4.78 is 0. The number of amides is 2. The first kappa shape index (κ1) is 25.8. The molecule has 1 atom stereocenters. The van der Waals surface area contributed by atoms with Gasteiger partial charge in [-0.15, -0.1) is 11.8 Å². The number of rotatable bonds is 7. The predicted octanol–water partition coefficient (Wildman–Crippen LogP) is 4.27. The minimum atomic E-state index is -0.324. The number of imide groups is 1. The summed E-state index contributed by atoms with van der Waals surface area (Å²) in [5.74, 6) is 1.23. The summed E-state index contributed by atoms with van der Waals surface area (Å²) in [6.45, 7) is 11.7. The van der Waals surface area contributed by atoms with Crippen LogP contribution in [0.25, 0.3) is 0 Å². The fourth-order valence-electron chi connectivity index (χ4n) is 3.33. The van der Waals surface area contributed by atoms with E-state index in [0.29, 0.717) is 24.6 Å². The highest BCUT2D eigenvalue weighted by Gasteiger charge is 2.40. The predicted molar refractivity (Wildman–Crippen MR) is 112 cm³/mol. The van der Waals surface area contributed by atoms with Gasteiger partial charge in [-0.05, 0) is 45.4 Å². The molecule has 1 aliphatic heterocycles. The zero-order chi connectivity index (χ0) is 21.0. The molecule has 0 bridgehead atoms. The normalized spacial score (nSPS) is 24.5. The number of carbonyl (C=O) groups excluding carboxylic acids is 4. The Kier molecular flexibility index (Phi) is 13.3. The van der Waals surface area contributed by atoms with Crippen LogP contribution in [0.3, 0.4) is 0 Å². The zero-order valence-corrected chi connectivity index (χ0v) is 18.7. The van der Waals surface area contributed by atoms with Gasteiger partial charge in [0.25, 0.3) is 0 Å². The zero-order valence-electron chi connectivity index (χ0n) is 17.9. The van der Waals surface area contributed by atoms with Gasteiger partial charge in [-0.1, -0.05) is 27.7 Å². The lowest BCUT2D eigenvalue weighted by atomic mass is 9.80. The van der Waals surface area contributed by atoms with Crippen molar-refractivity contribution >= 4 is 35.1 Å². The molecule has 1 saturated carbocycles. The lowest BCUT2D eigenvalue weighted by molar-refractivity contribution is -0.139. The SMILES string of the molecule is CC.CC.CC(=O)CCSC1CC(=O)N(CC2CCC(C(C)=O)CC2)C1=O. The summed E-state index contributed by atoms with van der Waals surface area (Å²) in [4.78, 5) is 48.3. The standard InChI is InChI=1S/C17H25NO4S.2C2H6/c1-11(19)7-8-23-15-9-16(21)18(17(15)22)10-13-3-5-14(6-4-13)12(2)20;2*1-2/h13-15H,3-10H2,1-2H3;2*1-2H3. The van der Waals surface area contributed by atoms with Crippen molar-refractivity contribution in [2.45, 2.75) is 85.3 Å². The minimum absolute atomic E-state index is 0.0935. The molecule has 0 N–H and O–H groups in total. The van der Waals surface area contributed by atoms with Crippen LogP contribution < -0.4 is 0 Å². The average Bonchev–Trinajstić information content (AvgIpc) is 2.93. The van der Waals surface area contributed by atoms with Gasteiger partial charge in [-0.25, -0.2) is 0 Å². The van der Waals surface area contributed by atoms with Crippen LogP contribution >= 0.6 is 11.8 Å². The van der Waals surface area contributed by atoms with Crippen molar-refractivity contribution in [3.8, 4) is 0 Å². The van der Waals surface area contributed by atoms with Gasteiger partial charge in [-0.2, -0.15) is 0 Å². The molecule has 27 heavy (non-hydrogen) atoms. The minimum Gasteiger partial charge on any atom is -0.300 e. The molecular weight excluding hydrogens is 362 g/mol. The van der Waals surface area contributed by atoms with Crippen LogP contribution in [0.5, 0.6) is 0 Å². The first-order valence-electron chi connectivity index (χ1n) is 10.3. The van der Waals surface area contributed by atoms with E-state index in [9.17, 15) is 19.2 Å². The van der Waals surface area contributed by atoms with Crippen molar-refractivity contribution in [3.05, 3.63) is 0 Å². The largest absolute Gasteiger partial charge is 0.300 e. The Morgan fingerprint density at radius 1 is 1.00 bits per heavy atom. The van der Waals surface area contributed by atoms with Crippen LogP contribution in [0.1, 0.15) is 80.1 Å². The molecule has 156 valence electrons. The maximum absolute atomic E-state index is 12.4. The summed E-state index contributed by atoms with van der Waals surface area (Å²) in [6.07, 6.45) is 4.24. The second-order valence-corrected chi connectivity index (χ2v) is 8.00. The van der Waals surface area contributed by atoms with Gasteiger partial charge in [0.15, 0.2) is 0 Å². The molecule has 5 nitrogen and oxygen atoms in total. The highest BCUT2D eigenvalue weighted by molar-refractivity contribution is 8.00. The molecular formula is C21H37NO4S. The highest BCUT2D eigenvalue weighted by atomic mass is 32.2. The molecule has 2 rings (SSSR count). The van der Waals surface area contributed by atoms with E-state index >= 15 is 0 Å². The molecule has 2 aliphatic rings. The Hall–Kier alpha value is -1.17. The molecule has 0 spiro atoms. The first-order valence-corrected chi connectivity index (χ1v) is 11.4. The molecule has 0 aromatic carbocycles. The van der Waals surface area contributed by atoms with Crippen molar-refractivity contribution in [2.75, 3.05) is 12.3 Å². The molecule has 1 aliphatic carbocycles. The van der Waals surface area contributed by atoms with Crippen molar-refractivity contribution in [1.29, 1.82) is 0 Å². The van der Waals surface area contributed by atoms with Crippen LogP contribution in [0.2, 0.25) is 0 Å². The molecule has 6 heteroatoms. The number of hydrogen-bond acceptors (Lipinski definition) is 5. The molecule has 2 fully saturated rings. The lowest BCUT2D eigenvalue weighted by Crippen LogP contribution is -2.37. The van der Waals surface area contributed by atoms with E-state index in [-0.39, 0.29) is 41.0 Å². The van der Waals surface area contributed by atoms with Crippen molar-refractivity contribution in [3.63, 3.8) is 0 Å². The number of carbonyl (C=O) groups is 4. The van der Waals surface area contributed by atoms with Gasteiger partial charge in [0.2, 0.25) is 11.8 Å². The molecule has 0 aromatic heterocycles. The average molecular weight is 400 g/mol. The summed E-state index contributed by atoms with van der Waals surface area (Å²) in [5, 5.41) is -0.324. The van der Waals surface area contributed by atoms with Crippen molar-refractivity contribution in [2.24, 2.45) is 11.8 Å². The number of nitrogens with zero attached hydrogens (tertiary/aromatic N) is 1. The van der Waals surface area contributed by atoms with Gasteiger partial charge in [0.05, 0.1) is 5.25 Å². The summed E-state index contributed by atoms with van der Waals surface area (Å²) in [6, 6.07) is 0. The van der Waals surface area contributed by atoms with E-state index < -0.39 is 0 Å². The third-order valence-electron chi connectivity index (χ3n) is 4.84. The van der Waals surface area contributed by atoms with Gasteiger partial charge < -0.3 is 0 Å². The smallest absolute Gasteiger partial charge is 0.242 e. The highest BCUT2D eigenvalue weighted by Crippen LogP contribution is 2.32. The van der Waals surface area contributed by atoms with Crippen LogP contribution in [0.4, 0.5) is 0 Å². The Labute approximate surface area is 169 Å². The molecule has 1 heterocycles. The number of thioether (sulfide) groups is 1. The lowest BCUT2D eigenvalue weighted by Gasteiger charge is -2.29. The Morgan fingerprint density at radius 2 is 1.56 bits per heavy atom. The number of Topliss-reactive ketones (excluding diaryl/α,β-unsaturated/α-hetero) is 2. The van der Waals surface area contributed by atoms with Gasteiger partial charge >= 0.3 is 0 Å². The number of ketones is 2. The Bertz CT molecular complexity index is 498. The van der Waals surface area contributed by atoms with E-state index in [4.69, 9.17) is 0 Å². The Balaban J connectivity index is 0.00000158. The van der Waals surface area contributed by atoms with E-state index in [1.54, 1.807) is 6.92 Å². The van der Waals surface area contributed by atoms with Crippen LogP contribution in [-0.2, 0) is 19.2 Å². The molecule has 0 radical (unpaired) electrons. The number of likely N-dealkylation sites (tertiary alicyclic amines) is 1. The van der Waals surface area contributed by atoms with Gasteiger partial charge in [-0.3, -0.25) is 24.1 Å². The monoisotopic (exact) mass is 399 g/mol. The molecule has 1 saturated heterocycles. The summed E-state index contributed by atoms with van der Waals surface area (Å²) in [7, 11) is 0. The van der Waals surface area contributed by atoms with Gasteiger partial charge in [0.1, 0.15) is 11.6 Å². The maximum Gasteiger partial charge on any atom is 0.242 e. The van der Waals surface area contributed by atoms with Crippen molar-refractivity contribution < 1.29 is 19.2 Å². The van der Waals surface area contributed by atoms with E-state index in [1.165, 1.54) is 23.6 Å². The summed E-state index contributed by atoms with van der Waals surface area (Å²) in [5.41, 5.74) is 0. The second-order valence-electron chi connectivity index (χ2n) is 6.69. The molecule has 1 unspecified atom stereocenters. The maximum atomic E-state index is 12.4. The number of hydrogen-bond donors (Lipinski definition) is 0. The third-order valence-corrected chi connectivity index (χ3v) is 6.05. The fraction of sp³-hybridized carbons (Fsp3) is 0.810. The van der Waals surface area contributed by atoms with Crippen LogP contribution in [-0.4, -0.2) is 45.8 Å². The van der Waals surface area contributed by atoms with E-state index in [1.807, 2.05) is 27.7 Å². The molecule has 2 amide bonds. The summed E-state index contributed by atoms with van der Waals surface area (Å²) >= 11 is 1.42. The quantitative estimate of drug-likeness (QED) is 0.598. The van der Waals surface area contributed by atoms with E-state index in [2.05, 4.69) is 0 Å². The fourth-order valence-corrected chi connectivity index (χ4v) is 4.55. The van der Waals surface area contributed by atoms with Crippen molar-refractivity contribution in [1.82, 2.24) is 4.90 Å². The first-order chi connectivity index (χ1) is 12.9. The Morgan fingerprint density at radius 3 is 2.04 bits per heavy atom.